The highest BCUT2D eigenvalue weighted by atomic mass is 16.5. The van der Waals surface area contributed by atoms with Gasteiger partial charge in [0.15, 0.2) is 0 Å². The summed E-state index contributed by atoms with van der Waals surface area (Å²) in [5.74, 6) is 1.46. The van der Waals surface area contributed by atoms with Crippen LogP contribution in [0.4, 0.5) is 5.69 Å². The number of aromatic nitrogens is 2. The Morgan fingerprint density at radius 3 is 2.40 bits per heavy atom. The lowest BCUT2D eigenvalue weighted by Gasteiger charge is -2.24. The van der Waals surface area contributed by atoms with Crippen LogP contribution < -0.4 is 10.1 Å². The van der Waals surface area contributed by atoms with Gasteiger partial charge in [-0.25, -0.2) is 4.98 Å². The van der Waals surface area contributed by atoms with E-state index in [1.54, 1.807) is 6.20 Å². The van der Waals surface area contributed by atoms with E-state index >= 15 is 0 Å². The Morgan fingerprint density at radius 1 is 1.13 bits per heavy atom. The van der Waals surface area contributed by atoms with Crippen LogP contribution in [0, 0.1) is 0 Å². The van der Waals surface area contributed by atoms with Gasteiger partial charge in [0.1, 0.15) is 18.2 Å². The molecule has 0 aliphatic carbocycles. The molecule has 1 heterocycles. The maximum atomic E-state index is 12.6. The molecule has 0 saturated carbocycles. The van der Waals surface area contributed by atoms with Crippen molar-refractivity contribution in [2.75, 3.05) is 11.9 Å². The summed E-state index contributed by atoms with van der Waals surface area (Å²) in [6.45, 7) is 8.84. The van der Waals surface area contributed by atoms with E-state index in [1.165, 1.54) is 5.56 Å². The maximum Gasteiger partial charge on any atom is 0.255 e. The molecule has 1 aromatic heterocycles. The van der Waals surface area contributed by atoms with Gasteiger partial charge < -0.3 is 14.6 Å². The third-order valence-electron chi connectivity index (χ3n) is 5.14. The van der Waals surface area contributed by atoms with E-state index < -0.39 is 0 Å². The number of carbonyl (C=O) groups excluding carboxylic acids is 1. The number of benzene rings is 2. The molecule has 0 atom stereocenters. The first-order valence-corrected chi connectivity index (χ1v) is 10.3. The number of hydrogen-bond acceptors (Lipinski definition) is 4. The zero-order valence-corrected chi connectivity index (χ0v) is 18.1. The number of ether oxygens (including phenoxy) is 1. The smallest absolute Gasteiger partial charge is 0.255 e. The number of anilines is 1. The third-order valence-corrected chi connectivity index (χ3v) is 5.14. The third kappa shape index (κ3) is 5.70. The quantitative estimate of drug-likeness (QED) is 0.569. The lowest BCUT2D eigenvalue weighted by molar-refractivity contribution is 0.102. The molecular formula is C24H30N4O2. The molecule has 0 spiro atoms. The Bertz CT molecular complexity index is 946. The van der Waals surface area contributed by atoms with E-state index in [2.05, 4.69) is 36.0 Å². The summed E-state index contributed by atoms with van der Waals surface area (Å²) in [6, 6.07) is 15.6. The zero-order valence-electron chi connectivity index (χ0n) is 18.1. The van der Waals surface area contributed by atoms with Gasteiger partial charge in [-0.2, -0.15) is 0 Å². The molecule has 6 heteroatoms. The van der Waals surface area contributed by atoms with Crippen LogP contribution in [0.25, 0.3) is 0 Å². The van der Waals surface area contributed by atoms with Crippen LogP contribution in [-0.2, 0) is 20.2 Å². The molecule has 3 aromatic rings. The molecular weight excluding hydrogens is 376 g/mol. The summed E-state index contributed by atoms with van der Waals surface area (Å²) >= 11 is 0. The van der Waals surface area contributed by atoms with Gasteiger partial charge in [0.2, 0.25) is 0 Å². The molecule has 6 nitrogen and oxygen atoms in total. The number of imidazole rings is 1. The number of rotatable bonds is 9. The fourth-order valence-electron chi connectivity index (χ4n) is 3.18. The Hall–Kier alpha value is -3.12. The zero-order chi connectivity index (χ0) is 21.5. The minimum Gasteiger partial charge on any atom is -0.486 e. The highest BCUT2D eigenvalue weighted by Crippen LogP contribution is 2.18. The second-order valence-electron chi connectivity index (χ2n) is 7.58. The van der Waals surface area contributed by atoms with Crippen molar-refractivity contribution >= 4 is 11.6 Å². The number of aryl methyl sites for hydroxylation is 1. The van der Waals surface area contributed by atoms with E-state index in [0.29, 0.717) is 18.2 Å². The van der Waals surface area contributed by atoms with Gasteiger partial charge in [-0.15, -0.1) is 0 Å². The fraction of sp³-hybridized carbons (Fsp3) is 0.333. The predicted octanol–water partition coefficient (Wildman–Crippen LogP) is 4.48. The van der Waals surface area contributed by atoms with Crippen molar-refractivity contribution in [1.29, 1.82) is 0 Å². The Morgan fingerprint density at radius 2 is 1.83 bits per heavy atom. The van der Waals surface area contributed by atoms with Crippen LogP contribution in [0.15, 0.2) is 60.9 Å². The van der Waals surface area contributed by atoms with E-state index in [9.17, 15) is 4.79 Å². The van der Waals surface area contributed by atoms with Gasteiger partial charge in [0.25, 0.3) is 5.91 Å². The topological polar surface area (TPSA) is 59.4 Å². The predicted molar refractivity (Wildman–Crippen MR) is 120 cm³/mol. The second-order valence-corrected chi connectivity index (χ2v) is 7.58. The Kier molecular flexibility index (Phi) is 7.25. The molecule has 0 saturated heterocycles. The van der Waals surface area contributed by atoms with Crippen LogP contribution >= 0.6 is 0 Å². The van der Waals surface area contributed by atoms with E-state index in [0.717, 1.165) is 30.4 Å². The highest BCUT2D eigenvalue weighted by Gasteiger charge is 2.10. The van der Waals surface area contributed by atoms with Crippen LogP contribution in [0.1, 0.15) is 42.5 Å². The molecule has 0 aliphatic rings. The van der Waals surface area contributed by atoms with Gasteiger partial charge in [0.05, 0.1) is 0 Å². The van der Waals surface area contributed by atoms with Crippen LogP contribution in [-0.4, -0.2) is 32.9 Å². The second kappa shape index (κ2) is 10.1. The van der Waals surface area contributed by atoms with Gasteiger partial charge in [0, 0.05) is 43.3 Å². The first-order chi connectivity index (χ1) is 14.5. The minimum absolute atomic E-state index is 0.126. The first-order valence-electron chi connectivity index (χ1n) is 10.3. The van der Waals surface area contributed by atoms with Crippen LogP contribution in [0.5, 0.6) is 5.75 Å². The van der Waals surface area contributed by atoms with E-state index in [-0.39, 0.29) is 5.91 Å². The van der Waals surface area contributed by atoms with Crippen LogP contribution in [0.3, 0.4) is 0 Å². The maximum absolute atomic E-state index is 12.6. The molecule has 30 heavy (non-hydrogen) atoms. The molecule has 3 rings (SSSR count). The first kappa shape index (κ1) is 21.6. The fourth-order valence-corrected chi connectivity index (χ4v) is 3.18. The summed E-state index contributed by atoms with van der Waals surface area (Å²) in [4.78, 5) is 19.2. The molecule has 0 aliphatic heterocycles. The van der Waals surface area contributed by atoms with Gasteiger partial charge in [-0.3, -0.25) is 9.69 Å². The number of carbonyl (C=O) groups is 1. The average Bonchev–Trinajstić information content (AvgIpc) is 3.16. The number of hydrogen-bond donors (Lipinski definition) is 1. The van der Waals surface area contributed by atoms with E-state index in [1.807, 2.05) is 66.3 Å². The highest BCUT2D eigenvalue weighted by molar-refractivity contribution is 6.04. The number of amides is 1. The Balaban J connectivity index is 1.54. The monoisotopic (exact) mass is 406 g/mol. The largest absolute Gasteiger partial charge is 0.486 e. The van der Waals surface area contributed by atoms with Crippen molar-refractivity contribution in [3.63, 3.8) is 0 Å². The molecule has 2 aromatic carbocycles. The van der Waals surface area contributed by atoms with Crippen molar-refractivity contribution in [1.82, 2.24) is 14.5 Å². The molecule has 158 valence electrons. The van der Waals surface area contributed by atoms with Crippen molar-refractivity contribution < 1.29 is 9.53 Å². The molecule has 1 N–H and O–H groups in total. The molecule has 0 bridgehead atoms. The SMILES string of the molecule is CCN(Cc1ccc(C(=O)Nc2ccc(OCc3nccn3C)cc2)cc1)C(C)C. The molecule has 0 unspecified atom stereocenters. The molecule has 1 amide bonds. The van der Waals surface area contributed by atoms with Gasteiger partial charge >= 0.3 is 0 Å². The van der Waals surface area contributed by atoms with Crippen molar-refractivity contribution in [2.45, 2.75) is 40.0 Å². The van der Waals surface area contributed by atoms with Gasteiger partial charge in [-0.1, -0.05) is 19.1 Å². The minimum atomic E-state index is -0.126. The summed E-state index contributed by atoms with van der Waals surface area (Å²) < 4.78 is 7.67. The number of nitrogens with one attached hydrogen (secondary N) is 1. The van der Waals surface area contributed by atoms with E-state index in [4.69, 9.17) is 4.74 Å². The lowest BCUT2D eigenvalue weighted by atomic mass is 10.1. The molecule has 0 fully saturated rings. The summed E-state index contributed by atoms with van der Waals surface area (Å²) in [6.07, 6.45) is 3.63. The normalized spacial score (nSPS) is 11.1. The van der Waals surface area contributed by atoms with Crippen LogP contribution in [0.2, 0.25) is 0 Å². The molecule has 0 radical (unpaired) electrons. The van der Waals surface area contributed by atoms with Crippen molar-refractivity contribution in [3.8, 4) is 5.75 Å². The summed E-state index contributed by atoms with van der Waals surface area (Å²) in [5, 5.41) is 2.93. The van der Waals surface area contributed by atoms with Crippen molar-refractivity contribution in [3.05, 3.63) is 77.9 Å². The summed E-state index contributed by atoms with van der Waals surface area (Å²) in [7, 11) is 1.93. The van der Waals surface area contributed by atoms with Crippen molar-refractivity contribution in [2.24, 2.45) is 7.05 Å². The summed E-state index contributed by atoms with van der Waals surface area (Å²) in [5.41, 5.74) is 2.57. The Labute approximate surface area is 178 Å². The number of nitrogens with zero attached hydrogens (tertiary/aromatic N) is 3. The lowest BCUT2D eigenvalue weighted by Crippen LogP contribution is -2.29. The average molecular weight is 407 g/mol. The standard InChI is InChI=1S/C24H30N4O2/c1-5-28(18(2)3)16-19-6-8-20(9-7-19)24(29)26-21-10-12-22(13-11-21)30-17-23-25-14-15-27(23)4/h6-15,18H,5,16-17H2,1-4H3,(H,26,29). The van der Waals surface area contributed by atoms with Gasteiger partial charge in [-0.05, 0) is 62.4 Å².